The van der Waals surface area contributed by atoms with Crippen LogP contribution in [0.3, 0.4) is 0 Å². The molecule has 2 aromatic rings. The molecule has 4 rings (SSSR count). The molecule has 24 heavy (non-hydrogen) atoms. The Morgan fingerprint density at radius 1 is 1.17 bits per heavy atom. The van der Waals surface area contributed by atoms with Crippen molar-refractivity contribution >= 4 is 12.2 Å². The molecule has 1 atom stereocenters. The third-order valence-corrected chi connectivity index (χ3v) is 5.04. The Morgan fingerprint density at radius 3 is 2.71 bits per heavy atom. The zero-order valence-electron chi connectivity index (χ0n) is 13.7. The lowest BCUT2D eigenvalue weighted by Gasteiger charge is -2.25. The van der Waals surface area contributed by atoms with Crippen molar-refractivity contribution in [2.75, 3.05) is 6.54 Å². The Hall–Kier alpha value is -2.54. The number of aromatic amines is 1. The molecule has 1 aliphatic heterocycles. The fourth-order valence-electron chi connectivity index (χ4n) is 3.76. The van der Waals surface area contributed by atoms with Gasteiger partial charge in [-0.2, -0.15) is 0 Å². The number of aromatic nitrogens is 3. The zero-order chi connectivity index (χ0) is 17.0. The van der Waals surface area contributed by atoms with Crippen LogP contribution >= 0.6 is 0 Å². The predicted molar refractivity (Wildman–Crippen MR) is 90.3 cm³/mol. The quantitative estimate of drug-likeness (QED) is 0.607. The summed E-state index contributed by atoms with van der Waals surface area (Å²) in [6.45, 7) is 0.710. The lowest BCUT2D eigenvalue weighted by molar-refractivity contribution is 0.390. The van der Waals surface area contributed by atoms with Crippen LogP contribution in [0.1, 0.15) is 35.7 Å². The maximum atomic E-state index is 12.6. The van der Waals surface area contributed by atoms with Gasteiger partial charge >= 0.3 is 5.69 Å². The molecule has 2 aromatic heterocycles. The molecule has 0 saturated heterocycles. The van der Waals surface area contributed by atoms with Crippen molar-refractivity contribution in [3.63, 3.8) is 0 Å². The van der Waals surface area contributed by atoms with E-state index in [-0.39, 0.29) is 11.4 Å². The molecule has 0 aromatic carbocycles. The number of hydrogen-bond acceptors (Lipinski definition) is 4. The van der Waals surface area contributed by atoms with Crippen molar-refractivity contribution in [2.45, 2.75) is 25.3 Å². The van der Waals surface area contributed by atoms with Gasteiger partial charge in [0.05, 0.1) is 6.04 Å². The minimum atomic E-state index is -0.537. The highest BCUT2D eigenvalue weighted by atomic mass is 16.3. The summed E-state index contributed by atoms with van der Waals surface area (Å²) in [6, 6.07) is -0.452. The monoisotopic (exact) mass is 328 g/mol. The largest absolute Gasteiger partial charge is 0.494 e. The van der Waals surface area contributed by atoms with E-state index in [1.807, 2.05) is 0 Å². The molecule has 126 valence electrons. The van der Waals surface area contributed by atoms with Gasteiger partial charge in [-0.05, 0) is 30.0 Å². The number of hydrogen-bond donors (Lipinski definition) is 3. The summed E-state index contributed by atoms with van der Waals surface area (Å²) in [4.78, 5) is 28.0. The Kier molecular flexibility index (Phi) is 3.28. The van der Waals surface area contributed by atoms with Crippen LogP contribution in [0.2, 0.25) is 0 Å². The number of rotatable bonds is 1. The number of nitrogens with one attached hydrogen (secondary N) is 2. The summed E-state index contributed by atoms with van der Waals surface area (Å²) in [7, 11) is 2.89. The first-order chi connectivity index (χ1) is 11.5. The van der Waals surface area contributed by atoms with Gasteiger partial charge in [-0.25, -0.2) is 4.79 Å². The van der Waals surface area contributed by atoms with Crippen molar-refractivity contribution in [1.82, 2.24) is 19.4 Å². The third-order valence-electron chi connectivity index (χ3n) is 5.04. The van der Waals surface area contributed by atoms with E-state index in [1.54, 1.807) is 0 Å². The van der Waals surface area contributed by atoms with Gasteiger partial charge in [0.1, 0.15) is 5.56 Å². The van der Waals surface area contributed by atoms with Gasteiger partial charge < -0.3 is 15.4 Å². The van der Waals surface area contributed by atoms with Crippen LogP contribution in [0.15, 0.2) is 9.59 Å². The lowest BCUT2D eigenvalue weighted by atomic mass is 9.95. The maximum absolute atomic E-state index is 12.6. The summed E-state index contributed by atoms with van der Waals surface area (Å²) in [6.07, 6.45) is 7.28. The summed E-state index contributed by atoms with van der Waals surface area (Å²) < 4.78 is 2.14. The minimum Gasteiger partial charge on any atom is -0.494 e. The van der Waals surface area contributed by atoms with Gasteiger partial charge in [0.2, 0.25) is 5.88 Å². The average molecular weight is 328 g/mol. The van der Waals surface area contributed by atoms with E-state index in [0.29, 0.717) is 6.54 Å². The van der Waals surface area contributed by atoms with Crippen LogP contribution in [-0.2, 0) is 20.5 Å². The summed E-state index contributed by atoms with van der Waals surface area (Å²) >= 11 is 0. The fraction of sp³-hybridized carbons (Fsp3) is 0.412. The third kappa shape index (κ3) is 1.94. The second-order valence-corrected chi connectivity index (χ2v) is 6.41. The standard InChI is InChI=1S/C17H20N4O3/c1-20-15(22)12(16(23)21(2)17(20)24)14-13-10(7-8-18-14)9-5-3-4-6-11(9)19-13/h5-6,14,18-19,22H,3-4,7-8H2,1-2H3. The first-order valence-electron chi connectivity index (χ1n) is 8.14. The van der Waals surface area contributed by atoms with E-state index in [9.17, 15) is 14.7 Å². The molecule has 7 nitrogen and oxygen atoms in total. The first kappa shape index (κ1) is 15.0. The van der Waals surface area contributed by atoms with Crippen LogP contribution in [0.25, 0.3) is 12.2 Å². The van der Waals surface area contributed by atoms with Gasteiger partial charge in [0.25, 0.3) is 5.56 Å². The molecule has 0 amide bonds. The minimum absolute atomic E-state index is 0.208. The number of nitrogens with zero attached hydrogens (tertiary/aromatic N) is 2. The maximum Gasteiger partial charge on any atom is 0.333 e. The Bertz CT molecular complexity index is 1070. The van der Waals surface area contributed by atoms with Gasteiger partial charge in [-0.1, -0.05) is 12.2 Å². The molecule has 3 heterocycles. The summed E-state index contributed by atoms with van der Waals surface area (Å²) in [5.41, 5.74) is 1.30. The Balaban J connectivity index is 2.02. The highest BCUT2D eigenvalue weighted by Gasteiger charge is 2.30. The number of H-pyrrole nitrogens is 1. The molecular weight excluding hydrogens is 308 g/mol. The van der Waals surface area contributed by atoms with Crippen LogP contribution in [0, 0.1) is 0 Å². The molecule has 2 aliphatic rings. The highest BCUT2D eigenvalue weighted by molar-refractivity contribution is 5.46. The van der Waals surface area contributed by atoms with E-state index < -0.39 is 17.3 Å². The summed E-state index contributed by atoms with van der Waals surface area (Å²) in [5.74, 6) is -0.283. The molecule has 0 saturated carbocycles. The van der Waals surface area contributed by atoms with E-state index in [1.165, 1.54) is 24.9 Å². The lowest BCUT2D eigenvalue weighted by Crippen LogP contribution is -2.43. The van der Waals surface area contributed by atoms with Crippen LogP contribution < -0.4 is 27.1 Å². The van der Waals surface area contributed by atoms with Crippen LogP contribution in [0.5, 0.6) is 5.88 Å². The normalized spacial score (nSPS) is 19.2. The van der Waals surface area contributed by atoms with E-state index in [0.717, 1.165) is 39.4 Å². The van der Waals surface area contributed by atoms with Gasteiger partial charge in [0.15, 0.2) is 0 Å². The molecule has 0 radical (unpaired) electrons. The smallest absolute Gasteiger partial charge is 0.333 e. The molecular formula is C17H20N4O3. The van der Waals surface area contributed by atoms with Gasteiger partial charge in [0, 0.05) is 31.7 Å². The topological polar surface area (TPSA) is 92.0 Å². The Morgan fingerprint density at radius 2 is 1.92 bits per heavy atom. The average Bonchev–Trinajstić information content (AvgIpc) is 2.98. The van der Waals surface area contributed by atoms with Crippen molar-refractivity contribution in [3.05, 3.63) is 48.2 Å². The van der Waals surface area contributed by atoms with E-state index in [2.05, 4.69) is 22.5 Å². The number of aromatic hydroxyl groups is 1. The van der Waals surface area contributed by atoms with Crippen molar-refractivity contribution < 1.29 is 5.11 Å². The molecule has 3 N–H and O–H groups in total. The zero-order valence-corrected chi connectivity index (χ0v) is 13.7. The second-order valence-electron chi connectivity index (χ2n) is 6.41. The predicted octanol–water partition coefficient (Wildman–Crippen LogP) is -1.29. The van der Waals surface area contributed by atoms with Crippen molar-refractivity contribution in [3.8, 4) is 5.88 Å². The molecule has 0 fully saturated rings. The summed E-state index contributed by atoms with van der Waals surface area (Å²) in [5, 5.41) is 16.0. The van der Waals surface area contributed by atoms with Crippen LogP contribution in [0.4, 0.5) is 0 Å². The van der Waals surface area contributed by atoms with Gasteiger partial charge in [-0.15, -0.1) is 0 Å². The SMILES string of the molecule is Cn1c(O)c(C2NCCc3c2[nH]c2c3=CCCC=2)c(=O)n(C)c1=O. The van der Waals surface area contributed by atoms with E-state index in [4.69, 9.17) is 0 Å². The Labute approximate surface area is 137 Å². The first-order valence-corrected chi connectivity index (χ1v) is 8.14. The van der Waals surface area contributed by atoms with Crippen molar-refractivity contribution in [2.24, 2.45) is 14.1 Å². The van der Waals surface area contributed by atoms with Crippen molar-refractivity contribution in [1.29, 1.82) is 0 Å². The van der Waals surface area contributed by atoms with Gasteiger partial charge in [-0.3, -0.25) is 13.9 Å². The number of fused-ring (bicyclic) bond motifs is 3. The second kappa shape index (κ2) is 5.24. The molecule has 1 aliphatic carbocycles. The molecule has 7 heteroatoms. The molecule has 0 spiro atoms. The molecule has 1 unspecified atom stereocenters. The highest BCUT2D eigenvalue weighted by Crippen LogP contribution is 2.27. The molecule has 0 bridgehead atoms. The van der Waals surface area contributed by atoms with E-state index >= 15 is 0 Å². The fourth-order valence-corrected chi connectivity index (χ4v) is 3.76. The van der Waals surface area contributed by atoms with Crippen LogP contribution in [-0.4, -0.2) is 25.8 Å².